The fourth-order valence-corrected chi connectivity index (χ4v) is 6.89. The second-order valence-electron chi connectivity index (χ2n) is 16.1. The molecular formula is C43H86N2O6P+. The van der Waals surface area contributed by atoms with Gasteiger partial charge in [0, 0.05) is 6.42 Å². The smallest absolute Gasteiger partial charge is 0.391 e. The van der Waals surface area contributed by atoms with Crippen LogP contribution in [0.3, 0.4) is 0 Å². The number of nitrogens with zero attached hydrogens (tertiary/aromatic N) is 1. The van der Waals surface area contributed by atoms with Gasteiger partial charge in [-0.2, -0.15) is 0 Å². The molecule has 0 aromatic heterocycles. The summed E-state index contributed by atoms with van der Waals surface area (Å²) in [6.45, 7) is 4.84. The second-order valence-corrected chi connectivity index (χ2v) is 17.5. The van der Waals surface area contributed by atoms with Crippen molar-refractivity contribution in [2.75, 3.05) is 40.9 Å². The molecule has 1 amide bonds. The number of hydrogen-bond acceptors (Lipinski definition) is 5. The van der Waals surface area contributed by atoms with Crippen LogP contribution in [0.5, 0.6) is 0 Å². The van der Waals surface area contributed by atoms with Gasteiger partial charge in [-0.3, -0.25) is 13.8 Å². The largest absolute Gasteiger partial charge is 0.472 e. The van der Waals surface area contributed by atoms with Crippen molar-refractivity contribution in [1.29, 1.82) is 0 Å². The summed E-state index contributed by atoms with van der Waals surface area (Å²) < 4.78 is 23.6. The number of aliphatic hydroxyl groups excluding tert-OH is 1. The highest BCUT2D eigenvalue weighted by atomic mass is 31.2. The summed E-state index contributed by atoms with van der Waals surface area (Å²) >= 11 is 0. The number of carbonyl (C=O) groups is 1. The Morgan fingerprint density at radius 3 is 1.48 bits per heavy atom. The van der Waals surface area contributed by atoms with Gasteiger partial charge in [0.2, 0.25) is 5.91 Å². The third-order valence-corrected chi connectivity index (χ3v) is 10.7. The molecule has 0 aliphatic carbocycles. The number of rotatable bonds is 39. The van der Waals surface area contributed by atoms with Gasteiger partial charge in [-0.25, -0.2) is 4.57 Å². The number of phosphoric acid groups is 1. The van der Waals surface area contributed by atoms with E-state index in [1.807, 2.05) is 21.1 Å². The van der Waals surface area contributed by atoms with E-state index in [4.69, 9.17) is 9.05 Å². The number of likely N-dealkylation sites (N-methyl/N-ethyl adjacent to an activating group) is 1. The maximum absolute atomic E-state index is 12.9. The Hall–Kier alpha value is -1.02. The van der Waals surface area contributed by atoms with E-state index in [1.165, 1.54) is 122 Å². The molecule has 0 bridgehead atoms. The molecule has 0 aliphatic heterocycles. The highest BCUT2D eigenvalue weighted by Crippen LogP contribution is 2.43. The van der Waals surface area contributed by atoms with Crippen molar-refractivity contribution in [3.63, 3.8) is 0 Å². The van der Waals surface area contributed by atoms with Crippen molar-refractivity contribution < 1.29 is 32.9 Å². The van der Waals surface area contributed by atoms with E-state index in [1.54, 1.807) is 0 Å². The van der Waals surface area contributed by atoms with Crippen molar-refractivity contribution >= 4 is 13.7 Å². The lowest BCUT2D eigenvalue weighted by molar-refractivity contribution is -0.870. The quantitative estimate of drug-likeness (QED) is 0.0250. The monoisotopic (exact) mass is 758 g/mol. The van der Waals surface area contributed by atoms with Crippen molar-refractivity contribution in [2.45, 2.75) is 206 Å². The summed E-state index contributed by atoms with van der Waals surface area (Å²) in [5, 5.41) is 13.9. The van der Waals surface area contributed by atoms with Gasteiger partial charge >= 0.3 is 7.82 Å². The van der Waals surface area contributed by atoms with Crippen LogP contribution in [0.1, 0.15) is 194 Å². The molecule has 0 aromatic carbocycles. The molecule has 0 aromatic rings. The first-order chi connectivity index (χ1) is 25.0. The summed E-state index contributed by atoms with van der Waals surface area (Å²) in [4.78, 5) is 23.1. The van der Waals surface area contributed by atoms with Gasteiger partial charge in [0.1, 0.15) is 13.2 Å². The molecule has 1 unspecified atom stereocenters. The summed E-state index contributed by atoms with van der Waals surface area (Å²) in [6.07, 6.45) is 40.6. The fraction of sp³-hybridized carbons (Fsp3) is 0.884. The molecule has 52 heavy (non-hydrogen) atoms. The molecule has 3 N–H and O–H groups in total. The van der Waals surface area contributed by atoms with Crippen LogP contribution >= 0.6 is 7.82 Å². The molecule has 3 atom stereocenters. The number of amides is 1. The molecule has 0 saturated carbocycles. The van der Waals surface area contributed by atoms with E-state index >= 15 is 0 Å². The molecule has 0 aliphatic rings. The molecule has 9 heteroatoms. The average molecular weight is 758 g/mol. The Kier molecular flexibility index (Phi) is 35.0. The number of aliphatic hydroxyl groups is 1. The Balaban J connectivity index is 4.41. The first-order valence-corrected chi connectivity index (χ1v) is 23.2. The molecule has 0 radical (unpaired) electrons. The highest BCUT2D eigenvalue weighted by molar-refractivity contribution is 7.47. The Bertz CT molecular complexity index is 907. The normalized spacial score (nSPS) is 14.7. The number of phosphoric ester groups is 1. The Labute approximate surface area is 322 Å². The maximum atomic E-state index is 12.9. The van der Waals surface area contributed by atoms with Crippen molar-refractivity contribution in [3.05, 3.63) is 24.3 Å². The molecule has 308 valence electrons. The fourth-order valence-electron chi connectivity index (χ4n) is 6.15. The molecule has 0 rings (SSSR count). The lowest BCUT2D eigenvalue weighted by atomic mass is 10.0. The van der Waals surface area contributed by atoms with Crippen LogP contribution in [-0.2, 0) is 18.4 Å². The first kappa shape index (κ1) is 51.0. The number of hydrogen-bond donors (Lipinski definition) is 3. The summed E-state index contributed by atoms with van der Waals surface area (Å²) in [5.41, 5.74) is 0. The maximum Gasteiger partial charge on any atom is 0.472 e. The van der Waals surface area contributed by atoms with Gasteiger partial charge in [-0.05, 0) is 64.2 Å². The predicted molar refractivity (Wildman–Crippen MR) is 221 cm³/mol. The van der Waals surface area contributed by atoms with Crippen molar-refractivity contribution in [3.8, 4) is 0 Å². The highest BCUT2D eigenvalue weighted by Gasteiger charge is 2.28. The van der Waals surface area contributed by atoms with Gasteiger partial charge in [-0.15, -0.1) is 0 Å². The summed E-state index contributed by atoms with van der Waals surface area (Å²) in [6, 6.07) is -0.775. The zero-order chi connectivity index (χ0) is 38.6. The Morgan fingerprint density at radius 1 is 0.635 bits per heavy atom. The van der Waals surface area contributed by atoms with Crippen molar-refractivity contribution in [2.24, 2.45) is 0 Å². The minimum atomic E-state index is -4.32. The summed E-state index contributed by atoms with van der Waals surface area (Å²) in [5.74, 6) is -0.160. The van der Waals surface area contributed by atoms with E-state index in [9.17, 15) is 19.4 Å². The van der Waals surface area contributed by atoms with E-state index < -0.39 is 20.0 Å². The third kappa shape index (κ3) is 37.3. The standard InChI is InChI=1S/C43H85N2O6P/c1-6-8-10-12-14-16-18-20-21-22-23-25-27-29-31-33-35-37-43(47)44-41(40-51-52(48,49)50-39-38-45(3,4)5)42(46)36-34-32-30-28-26-24-19-17-15-13-11-9-7-2/h20-21,26,28,41-42,46H,6-19,22-25,27,29-40H2,1-5H3,(H-,44,47,48,49)/p+1/b21-20+,28-26+/t41-,42+/m0/s1. The average Bonchev–Trinajstić information content (AvgIpc) is 3.09. The molecule has 0 spiro atoms. The number of allylic oxidation sites excluding steroid dienone is 4. The topological polar surface area (TPSA) is 105 Å². The zero-order valence-electron chi connectivity index (χ0n) is 34.8. The predicted octanol–water partition coefficient (Wildman–Crippen LogP) is 11.7. The number of unbranched alkanes of at least 4 members (excludes halogenated alkanes) is 22. The van der Waals surface area contributed by atoms with Crippen LogP contribution in [0.25, 0.3) is 0 Å². The number of carbonyl (C=O) groups excluding carboxylic acids is 1. The lowest BCUT2D eigenvalue weighted by Gasteiger charge is -2.26. The molecule has 0 fully saturated rings. The van der Waals surface area contributed by atoms with E-state index in [0.717, 1.165) is 44.9 Å². The minimum Gasteiger partial charge on any atom is -0.391 e. The lowest BCUT2D eigenvalue weighted by Crippen LogP contribution is -2.46. The first-order valence-electron chi connectivity index (χ1n) is 21.7. The van der Waals surface area contributed by atoms with Gasteiger partial charge in [0.25, 0.3) is 0 Å². The van der Waals surface area contributed by atoms with Crippen LogP contribution in [-0.4, -0.2) is 73.4 Å². The number of quaternary nitrogens is 1. The second kappa shape index (κ2) is 35.7. The Morgan fingerprint density at radius 2 is 1.04 bits per heavy atom. The molecule has 0 heterocycles. The van der Waals surface area contributed by atoms with E-state index in [-0.39, 0.29) is 19.1 Å². The molecule has 0 saturated heterocycles. The minimum absolute atomic E-state index is 0.0691. The third-order valence-electron chi connectivity index (χ3n) is 9.67. The number of nitrogens with one attached hydrogen (secondary N) is 1. The van der Waals surface area contributed by atoms with E-state index in [0.29, 0.717) is 23.9 Å². The van der Waals surface area contributed by atoms with E-state index in [2.05, 4.69) is 43.5 Å². The molecule has 8 nitrogen and oxygen atoms in total. The van der Waals surface area contributed by atoms with Crippen LogP contribution in [0.2, 0.25) is 0 Å². The summed E-state index contributed by atoms with van der Waals surface area (Å²) in [7, 11) is 1.60. The van der Waals surface area contributed by atoms with Gasteiger partial charge in [0.05, 0.1) is 39.9 Å². The van der Waals surface area contributed by atoms with Gasteiger partial charge in [0.15, 0.2) is 0 Å². The zero-order valence-corrected chi connectivity index (χ0v) is 35.7. The van der Waals surface area contributed by atoms with Crippen LogP contribution < -0.4 is 5.32 Å². The van der Waals surface area contributed by atoms with Crippen LogP contribution in [0.4, 0.5) is 0 Å². The SMILES string of the molecule is CCCCCCCC/C=C/CCCCCCCCCC(=O)N[C@@H](COP(=O)(O)OCC[N+](C)(C)C)[C@H](O)CCCC/C=C/CCCCCCCCC. The van der Waals surface area contributed by atoms with Crippen LogP contribution in [0.15, 0.2) is 24.3 Å². The molecular weight excluding hydrogens is 671 g/mol. The van der Waals surface area contributed by atoms with Crippen molar-refractivity contribution in [1.82, 2.24) is 5.32 Å². The van der Waals surface area contributed by atoms with Gasteiger partial charge in [-0.1, -0.05) is 147 Å². The van der Waals surface area contributed by atoms with Gasteiger partial charge < -0.3 is 19.8 Å². The van der Waals surface area contributed by atoms with Crippen LogP contribution in [0, 0.1) is 0 Å².